The number of thioether (sulfide) groups is 1. The van der Waals surface area contributed by atoms with Crippen molar-refractivity contribution in [2.75, 3.05) is 30.4 Å². The Morgan fingerprint density at radius 3 is 2.47 bits per heavy atom. The molecule has 2 unspecified atom stereocenters. The number of piperidine rings is 1. The number of amides is 1. The summed E-state index contributed by atoms with van der Waals surface area (Å²) >= 11 is 1.06. The van der Waals surface area contributed by atoms with Gasteiger partial charge >= 0.3 is 11.9 Å². The Bertz CT molecular complexity index is 1720. The van der Waals surface area contributed by atoms with Crippen LogP contribution < -0.4 is 10.6 Å². The maximum Gasteiger partial charge on any atom is 0.417 e. The van der Waals surface area contributed by atoms with Crippen LogP contribution in [0.2, 0.25) is 0 Å². The molecular formula is C29H24F6N4O3S. The summed E-state index contributed by atoms with van der Waals surface area (Å²) in [6.45, 7) is -0.678. The van der Waals surface area contributed by atoms with Gasteiger partial charge in [-0.3, -0.25) is 14.2 Å². The van der Waals surface area contributed by atoms with Crippen LogP contribution in [0.3, 0.4) is 0 Å². The molecule has 2 atom stereocenters. The molecule has 3 aromatic rings. The molecule has 0 N–H and O–H groups in total. The molecule has 0 saturated carbocycles. The summed E-state index contributed by atoms with van der Waals surface area (Å²) in [5.74, 6) is -2.39. The summed E-state index contributed by atoms with van der Waals surface area (Å²) in [6, 6.07) is 1.86. The van der Waals surface area contributed by atoms with E-state index in [1.165, 1.54) is 9.47 Å². The molecular weight excluding hydrogens is 598 g/mol. The minimum Gasteiger partial charge on any atom is -0.352 e. The molecule has 0 radical (unpaired) electrons. The van der Waals surface area contributed by atoms with Gasteiger partial charge in [-0.1, -0.05) is 0 Å². The van der Waals surface area contributed by atoms with Gasteiger partial charge in [0, 0.05) is 66.0 Å². The van der Waals surface area contributed by atoms with Crippen LogP contribution >= 0.6 is 11.8 Å². The number of carbonyl (C=O) groups is 2. The van der Waals surface area contributed by atoms with Gasteiger partial charge in [0.15, 0.2) is 0 Å². The summed E-state index contributed by atoms with van der Waals surface area (Å²) in [4.78, 5) is 46.0. The van der Waals surface area contributed by atoms with E-state index >= 15 is 4.39 Å². The number of piperazine rings is 1. The Labute approximate surface area is 245 Å². The number of hydrogen-bond donors (Lipinski definition) is 0. The minimum absolute atomic E-state index is 0.00116. The predicted octanol–water partition coefficient (Wildman–Crippen LogP) is 5.13. The topological polar surface area (TPSA) is 75.5 Å². The van der Waals surface area contributed by atoms with E-state index in [4.69, 9.17) is 0 Å². The van der Waals surface area contributed by atoms with Crippen LogP contribution in [-0.4, -0.2) is 63.7 Å². The fourth-order valence-electron chi connectivity index (χ4n) is 6.32. The number of hydrogen-bond acceptors (Lipinski definition) is 6. The number of aromatic nitrogens is 2. The van der Waals surface area contributed by atoms with Crippen LogP contribution in [0.5, 0.6) is 0 Å². The van der Waals surface area contributed by atoms with E-state index in [2.05, 4.69) is 4.98 Å². The smallest absolute Gasteiger partial charge is 0.352 e. The first-order valence-corrected chi connectivity index (χ1v) is 14.5. The monoisotopic (exact) mass is 622 g/mol. The number of aryl methyl sites for hydroxylation is 1. The first-order chi connectivity index (χ1) is 20.5. The normalized spacial score (nSPS) is 20.7. The largest absolute Gasteiger partial charge is 0.417 e. The second-order valence-corrected chi connectivity index (χ2v) is 11.8. The lowest BCUT2D eigenvalue weighted by Crippen LogP contribution is -2.64. The van der Waals surface area contributed by atoms with Crippen molar-refractivity contribution in [2.45, 2.75) is 49.0 Å². The average Bonchev–Trinajstić information content (AvgIpc) is 3.16. The average molecular weight is 623 g/mol. The third-order valence-electron chi connectivity index (χ3n) is 7.96. The third kappa shape index (κ3) is 5.19. The lowest BCUT2D eigenvalue weighted by molar-refractivity contribution is -0.139. The number of ketones is 1. The Hall–Kier alpha value is -3.81. The van der Waals surface area contributed by atoms with E-state index in [0.717, 1.165) is 42.1 Å². The van der Waals surface area contributed by atoms with Gasteiger partial charge in [0.2, 0.25) is 5.91 Å². The number of benzene rings is 2. The van der Waals surface area contributed by atoms with Gasteiger partial charge in [0.1, 0.15) is 29.9 Å². The van der Waals surface area contributed by atoms with Crippen molar-refractivity contribution in [1.82, 2.24) is 14.5 Å². The molecule has 226 valence electrons. The van der Waals surface area contributed by atoms with Gasteiger partial charge in [-0.15, -0.1) is 11.8 Å². The Morgan fingerprint density at radius 1 is 1.09 bits per heavy atom. The number of halogens is 6. The van der Waals surface area contributed by atoms with Crippen molar-refractivity contribution in [1.29, 1.82) is 0 Å². The second kappa shape index (κ2) is 11.0. The summed E-state index contributed by atoms with van der Waals surface area (Å²) in [5, 5.41) is 0.0177. The van der Waals surface area contributed by atoms with E-state index in [-0.39, 0.29) is 59.9 Å². The fraction of sp³-hybridized carbons (Fsp3) is 0.379. The molecule has 14 heteroatoms. The van der Waals surface area contributed by atoms with Gasteiger partial charge in [0.25, 0.3) is 0 Å². The van der Waals surface area contributed by atoms with Gasteiger partial charge < -0.3 is 9.80 Å². The zero-order valence-electron chi connectivity index (χ0n) is 22.5. The SMILES string of the molecule is O=C1CC2CN(c3nc(=O)n4c5c(c(-c6ccc(F)cc6F)c(C(F)(F)F)cc35)SCCC4)CC(C1)N2C(=O)/C=C/CF. The Morgan fingerprint density at radius 2 is 1.81 bits per heavy atom. The lowest BCUT2D eigenvalue weighted by Gasteiger charge is -2.49. The third-order valence-corrected chi connectivity index (χ3v) is 9.13. The molecule has 1 amide bonds. The Balaban J connectivity index is 1.57. The molecule has 2 bridgehead atoms. The number of anilines is 1. The van der Waals surface area contributed by atoms with Gasteiger partial charge in [-0.2, -0.15) is 18.2 Å². The summed E-state index contributed by atoms with van der Waals surface area (Å²) in [7, 11) is 0. The van der Waals surface area contributed by atoms with E-state index in [0.29, 0.717) is 18.2 Å². The predicted molar refractivity (Wildman–Crippen MR) is 148 cm³/mol. The first-order valence-electron chi connectivity index (χ1n) is 13.6. The summed E-state index contributed by atoms with van der Waals surface area (Å²) in [5.41, 5.74) is -2.63. The van der Waals surface area contributed by atoms with Crippen LogP contribution in [0.4, 0.5) is 32.2 Å². The van der Waals surface area contributed by atoms with Crippen molar-refractivity contribution >= 4 is 40.2 Å². The molecule has 3 aliphatic rings. The van der Waals surface area contributed by atoms with E-state index in [9.17, 15) is 36.3 Å². The summed E-state index contributed by atoms with van der Waals surface area (Å²) in [6.07, 6.45) is -2.41. The minimum atomic E-state index is -4.96. The van der Waals surface area contributed by atoms with Crippen LogP contribution in [0.25, 0.3) is 22.0 Å². The molecule has 7 nitrogen and oxygen atoms in total. The number of nitrogens with zero attached hydrogens (tertiary/aromatic N) is 4. The lowest BCUT2D eigenvalue weighted by atomic mass is 9.89. The second-order valence-electron chi connectivity index (χ2n) is 10.7. The van der Waals surface area contributed by atoms with Crippen molar-refractivity contribution in [3.8, 4) is 11.1 Å². The highest BCUT2D eigenvalue weighted by atomic mass is 32.2. The molecule has 43 heavy (non-hydrogen) atoms. The highest BCUT2D eigenvalue weighted by Crippen LogP contribution is 2.49. The number of rotatable bonds is 4. The standard InChI is InChI=1S/C29H24F6N4O3S/c30-6-1-3-23(41)39-16-10-18(40)11-17(39)14-37(13-16)27-20-12-21(29(33,34)35)24(19-5-4-15(31)9-22(19)32)26-25(20)38(28(42)36-27)7-2-8-43-26/h1,3-5,9,12,16-17H,2,6-8,10-11,13-14H2/b3-1+. The van der Waals surface area contributed by atoms with Gasteiger partial charge in [-0.05, 0) is 36.4 Å². The fourth-order valence-corrected chi connectivity index (χ4v) is 7.52. The number of carbonyl (C=O) groups excluding carboxylic acids is 2. The molecule has 2 aromatic carbocycles. The zero-order valence-corrected chi connectivity index (χ0v) is 23.3. The zero-order chi connectivity index (χ0) is 30.6. The maximum absolute atomic E-state index is 15.0. The molecule has 3 aliphatic heterocycles. The molecule has 2 fully saturated rings. The molecule has 0 aliphatic carbocycles. The van der Waals surface area contributed by atoms with Crippen molar-refractivity contribution in [2.24, 2.45) is 0 Å². The maximum atomic E-state index is 15.0. The highest BCUT2D eigenvalue weighted by molar-refractivity contribution is 7.99. The van der Waals surface area contributed by atoms with Crippen molar-refractivity contribution in [3.05, 3.63) is 64.1 Å². The van der Waals surface area contributed by atoms with Crippen LogP contribution in [0.1, 0.15) is 24.8 Å². The van der Waals surface area contributed by atoms with Gasteiger partial charge in [0.05, 0.1) is 23.2 Å². The van der Waals surface area contributed by atoms with Crippen LogP contribution in [-0.2, 0) is 22.3 Å². The number of Topliss-reactive ketones (excluding diaryl/α,β-unsaturated/α-hetero) is 1. The number of alkyl halides is 4. The molecule has 4 heterocycles. The summed E-state index contributed by atoms with van der Waals surface area (Å²) < 4.78 is 86.9. The Kier molecular flexibility index (Phi) is 7.51. The van der Waals surface area contributed by atoms with E-state index in [1.54, 1.807) is 4.90 Å². The van der Waals surface area contributed by atoms with Crippen LogP contribution in [0, 0.1) is 11.6 Å². The molecule has 1 aromatic heterocycles. The van der Waals surface area contributed by atoms with Gasteiger partial charge in [-0.25, -0.2) is 18.0 Å². The first kappa shape index (κ1) is 29.3. The van der Waals surface area contributed by atoms with E-state index in [1.807, 2.05) is 0 Å². The molecule has 6 rings (SSSR count). The number of fused-ring (bicyclic) bond motifs is 2. The quantitative estimate of drug-likeness (QED) is 0.297. The molecule has 0 spiro atoms. The van der Waals surface area contributed by atoms with E-state index < -0.39 is 64.9 Å². The van der Waals surface area contributed by atoms with Crippen LogP contribution in [0.15, 0.2) is 46.1 Å². The van der Waals surface area contributed by atoms with Crippen molar-refractivity contribution in [3.63, 3.8) is 0 Å². The number of allylic oxidation sites excluding steroid dienone is 1. The molecule has 2 saturated heterocycles. The highest BCUT2D eigenvalue weighted by Gasteiger charge is 2.44. The van der Waals surface area contributed by atoms with Crippen molar-refractivity contribution < 1.29 is 35.9 Å².